The molecule has 1 aromatic heterocycles. The lowest BCUT2D eigenvalue weighted by Crippen LogP contribution is -2.33. The lowest BCUT2D eigenvalue weighted by molar-refractivity contribution is 0.0875. The molecule has 2 N–H and O–H groups in total. The molecule has 0 aliphatic heterocycles. The lowest BCUT2D eigenvalue weighted by Gasteiger charge is -2.26. The molecule has 2 atom stereocenters. The quantitative estimate of drug-likeness (QED) is 0.915. The fourth-order valence-corrected chi connectivity index (χ4v) is 3.30. The van der Waals surface area contributed by atoms with Gasteiger partial charge in [-0.15, -0.1) is 0 Å². The van der Waals surface area contributed by atoms with Crippen molar-refractivity contribution >= 4 is 16.8 Å². The van der Waals surface area contributed by atoms with Crippen molar-refractivity contribution in [3.63, 3.8) is 0 Å². The van der Waals surface area contributed by atoms with Crippen LogP contribution in [0.3, 0.4) is 0 Å². The normalized spacial score (nSPS) is 21.3. The first-order chi connectivity index (χ1) is 11.0. The maximum Gasteiger partial charge on any atom is 0.252 e. The van der Waals surface area contributed by atoms with Crippen molar-refractivity contribution in [1.29, 1.82) is 0 Å². The number of halogens is 1. The molecule has 3 rings (SSSR count). The lowest BCUT2D eigenvalue weighted by atomic mass is 9.87. The van der Waals surface area contributed by atoms with Gasteiger partial charge in [0.25, 0.3) is 5.91 Å². The summed E-state index contributed by atoms with van der Waals surface area (Å²) in [5.41, 5.74) is 1.69. The minimum absolute atomic E-state index is 0.174. The number of carbonyl (C=O) groups excluding carboxylic acids is 1. The zero-order chi connectivity index (χ0) is 16.4. The maximum atomic E-state index is 13.4. The van der Waals surface area contributed by atoms with Gasteiger partial charge in [0.15, 0.2) is 0 Å². The first kappa shape index (κ1) is 15.9. The maximum absolute atomic E-state index is 13.4. The summed E-state index contributed by atoms with van der Waals surface area (Å²) < 4.78 is 13.4. The highest BCUT2D eigenvalue weighted by molar-refractivity contribution is 6.06. The summed E-state index contributed by atoms with van der Waals surface area (Å²) in [6, 6.07) is 6.01. The molecular formula is C18H21FN2O2. The van der Waals surface area contributed by atoms with Gasteiger partial charge in [-0.05, 0) is 50.3 Å². The Morgan fingerprint density at radius 3 is 3.00 bits per heavy atom. The second-order valence-corrected chi connectivity index (χ2v) is 6.37. The number of nitrogens with one attached hydrogen (secondary N) is 1. The van der Waals surface area contributed by atoms with Crippen LogP contribution in [0.5, 0.6) is 0 Å². The van der Waals surface area contributed by atoms with Crippen LogP contribution in [0, 0.1) is 18.7 Å². The van der Waals surface area contributed by atoms with Gasteiger partial charge < -0.3 is 10.4 Å². The molecule has 1 amide bonds. The van der Waals surface area contributed by atoms with Gasteiger partial charge in [0.1, 0.15) is 5.82 Å². The van der Waals surface area contributed by atoms with Gasteiger partial charge in [0.2, 0.25) is 0 Å². The topological polar surface area (TPSA) is 62.2 Å². The minimum Gasteiger partial charge on any atom is -0.393 e. The van der Waals surface area contributed by atoms with Gasteiger partial charge in [0.05, 0.1) is 17.2 Å². The number of benzene rings is 1. The predicted octanol–water partition coefficient (Wildman–Crippen LogP) is 2.96. The Morgan fingerprint density at radius 1 is 1.39 bits per heavy atom. The molecule has 23 heavy (non-hydrogen) atoms. The van der Waals surface area contributed by atoms with E-state index >= 15 is 0 Å². The Hall–Kier alpha value is -2.01. The van der Waals surface area contributed by atoms with E-state index in [1.165, 1.54) is 12.1 Å². The summed E-state index contributed by atoms with van der Waals surface area (Å²) in [6.07, 6.45) is 3.36. The predicted molar refractivity (Wildman–Crippen MR) is 86.7 cm³/mol. The Morgan fingerprint density at radius 2 is 2.22 bits per heavy atom. The van der Waals surface area contributed by atoms with E-state index in [1.807, 2.05) is 0 Å². The molecule has 0 radical (unpaired) electrons. The van der Waals surface area contributed by atoms with Gasteiger partial charge in [-0.2, -0.15) is 0 Å². The second kappa shape index (κ2) is 6.62. The molecule has 2 aromatic rings. The molecule has 4 nitrogen and oxygen atoms in total. The number of fused-ring (bicyclic) bond motifs is 1. The molecule has 1 aromatic carbocycles. The molecule has 0 spiro atoms. The van der Waals surface area contributed by atoms with Crippen LogP contribution in [0.25, 0.3) is 10.9 Å². The summed E-state index contributed by atoms with van der Waals surface area (Å²) >= 11 is 0. The van der Waals surface area contributed by atoms with Crippen molar-refractivity contribution < 1.29 is 14.3 Å². The highest BCUT2D eigenvalue weighted by atomic mass is 19.1. The van der Waals surface area contributed by atoms with Gasteiger partial charge in [-0.3, -0.25) is 9.78 Å². The average molecular weight is 316 g/mol. The van der Waals surface area contributed by atoms with Crippen molar-refractivity contribution in [2.75, 3.05) is 6.54 Å². The molecule has 0 saturated heterocycles. The smallest absolute Gasteiger partial charge is 0.252 e. The third kappa shape index (κ3) is 3.67. The number of aliphatic hydroxyl groups is 1. The van der Waals surface area contributed by atoms with Gasteiger partial charge in [-0.1, -0.05) is 6.42 Å². The summed E-state index contributed by atoms with van der Waals surface area (Å²) in [7, 11) is 0. The van der Waals surface area contributed by atoms with Crippen molar-refractivity contribution in [3.05, 3.63) is 41.3 Å². The van der Waals surface area contributed by atoms with E-state index in [1.54, 1.807) is 19.1 Å². The number of amides is 1. The summed E-state index contributed by atoms with van der Waals surface area (Å²) in [5, 5.41) is 13.3. The number of aliphatic hydroxyl groups excluding tert-OH is 1. The Balaban J connectivity index is 1.78. The van der Waals surface area contributed by atoms with Gasteiger partial charge >= 0.3 is 0 Å². The van der Waals surface area contributed by atoms with Crippen LogP contribution in [0.4, 0.5) is 4.39 Å². The van der Waals surface area contributed by atoms with Crippen molar-refractivity contribution in [1.82, 2.24) is 10.3 Å². The Bertz CT molecular complexity index is 727. The zero-order valence-corrected chi connectivity index (χ0v) is 13.2. The first-order valence-corrected chi connectivity index (χ1v) is 8.06. The molecule has 1 aliphatic carbocycles. The first-order valence-electron chi connectivity index (χ1n) is 8.06. The number of rotatable bonds is 3. The van der Waals surface area contributed by atoms with E-state index in [0.29, 0.717) is 34.6 Å². The second-order valence-electron chi connectivity index (χ2n) is 6.37. The Labute approximate surface area is 134 Å². The third-order valence-electron chi connectivity index (χ3n) is 4.45. The fraction of sp³-hybridized carbons (Fsp3) is 0.444. The number of nitrogens with zero attached hydrogens (tertiary/aromatic N) is 1. The monoisotopic (exact) mass is 316 g/mol. The van der Waals surface area contributed by atoms with Crippen molar-refractivity contribution in [2.45, 2.75) is 38.7 Å². The van der Waals surface area contributed by atoms with Crippen molar-refractivity contribution in [2.24, 2.45) is 5.92 Å². The molecule has 1 aliphatic rings. The SMILES string of the molecule is Cc1cc(C(=O)NCC2CCCC(O)C2)c2ccc(F)cc2n1. The number of hydrogen-bond acceptors (Lipinski definition) is 3. The number of hydrogen-bond donors (Lipinski definition) is 2. The van der Waals surface area contributed by atoms with Gasteiger partial charge in [-0.25, -0.2) is 4.39 Å². The van der Waals surface area contributed by atoms with Crippen LogP contribution >= 0.6 is 0 Å². The molecule has 1 saturated carbocycles. The highest BCUT2D eigenvalue weighted by Crippen LogP contribution is 2.24. The summed E-state index contributed by atoms with van der Waals surface area (Å²) in [4.78, 5) is 16.8. The number of pyridine rings is 1. The fourth-order valence-electron chi connectivity index (χ4n) is 3.30. The molecule has 2 unspecified atom stereocenters. The van der Waals surface area contributed by atoms with Crippen LogP contribution in [0.15, 0.2) is 24.3 Å². The third-order valence-corrected chi connectivity index (χ3v) is 4.45. The zero-order valence-electron chi connectivity index (χ0n) is 13.2. The standard InChI is InChI=1S/C18H21FN2O2/c1-11-7-16(15-6-5-13(19)9-17(15)21-11)18(23)20-10-12-3-2-4-14(22)8-12/h5-7,9,12,14,22H,2-4,8,10H2,1H3,(H,20,23). The molecule has 1 heterocycles. The van der Waals surface area contributed by atoms with E-state index in [4.69, 9.17) is 0 Å². The molecule has 0 bridgehead atoms. The molecule has 5 heteroatoms. The Kier molecular flexibility index (Phi) is 4.57. The molecule has 1 fully saturated rings. The number of aryl methyl sites for hydroxylation is 1. The van der Waals surface area contributed by atoms with E-state index in [9.17, 15) is 14.3 Å². The number of aromatic nitrogens is 1. The van der Waals surface area contributed by atoms with Crippen LogP contribution in [-0.4, -0.2) is 28.6 Å². The van der Waals surface area contributed by atoms with E-state index in [-0.39, 0.29) is 17.8 Å². The minimum atomic E-state index is -0.363. The summed E-state index contributed by atoms with van der Waals surface area (Å²) in [5.74, 6) is -0.223. The van der Waals surface area contributed by atoms with Crippen LogP contribution < -0.4 is 5.32 Å². The molecular weight excluding hydrogens is 295 g/mol. The summed E-state index contributed by atoms with van der Waals surface area (Å²) in [6.45, 7) is 2.35. The largest absolute Gasteiger partial charge is 0.393 e. The van der Waals surface area contributed by atoms with Crippen molar-refractivity contribution in [3.8, 4) is 0 Å². The van der Waals surface area contributed by atoms with E-state index in [0.717, 1.165) is 25.7 Å². The number of carbonyl (C=O) groups is 1. The average Bonchev–Trinajstić information content (AvgIpc) is 2.51. The highest BCUT2D eigenvalue weighted by Gasteiger charge is 2.21. The molecule has 122 valence electrons. The van der Waals surface area contributed by atoms with Gasteiger partial charge in [0, 0.05) is 23.7 Å². The van der Waals surface area contributed by atoms with Crippen LogP contribution in [-0.2, 0) is 0 Å². The van der Waals surface area contributed by atoms with Crippen LogP contribution in [0.2, 0.25) is 0 Å². The van der Waals surface area contributed by atoms with Crippen LogP contribution in [0.1, 0.15) is 41.7 Å². The van der Waals surface area contributed by atoms with E-state index < -0.39 is 0 Å². The van der Waals surface area contributed by atoms with E-state index in [2.05, 4.69) is 10.3 Å².